The normalized spacial score (nSPS) is 17.2. The third-order valence-electron chi connectivity index (χ3n) is 2.82. The van der Waals surface area contributed by atoms with E-state index < -0.39 is 0 Å². The number of hydrogen-bond donors (Lipinski definition) is 0. The number of nitrogens with zero attached hydrogens (tertiary/aromatic N) is 1. The number of carbonyl (C=O) groups excluding carboxylic acids is 2. The molecule has 1 aromatic rings. The van der Waals surface area contributed by atoms with E-state index in [-0.39, 0.29) is 11.7 Å². The zero-order valence-corrected chi connectivity index (χ0v) is 12.2. The summed E-state index contributed by atoms with van der Waals surface area (Å²) >= 11 is 3.32. The van der Waals surface area contributed by atoms with Crippen LogP contribution in [0.2, 0.25) is 0 Å². The molecule has 3 nitrogen and oxygen atoms in total. The number of rotatable bonds is 1. The lowest BCUT2D eigenvalue weighted by Crippen LogP contribution is -2.12. The highest BCUT2D eigenvalue weighted by atomic mass is 79.9. The predicted octanol–water partition coefficient (Wildman–Crippen LogP) is 3.51. The molecule has 0 saturated heterocycles. The number of carbonyl (C=O) groups is 2. The molecular formula is C15H12BrNO2. The molecule has 19 heavy (non-hydrogen) atoms. The van der Waals surface area contributed by atoms with Gasteiger partial charge in [0.1, 0.15) is 0 Å². The molecule has 0 saturated carbocycles. The van der Waals surface area contributed by atoms with Gasteiger partial charge in [-0.1, -0.05) is 12.1 Å². The van der Waals surface area contributed by atoms with Gasteiger partial charge in [-0.25, -0.2) is 4.99 Å². The molecule has 1 aliphatic rings. The largest absolute Gasteiger partial charge is 0.290 e. The van der Waals surface area contributed by atoms with Crippen LogP contribution in [0, 0.1) is 0 Å². The fraction of sp³-hybridized carbons (Fsp3) is 0.133. The lowest BCUT2D eigenvalue weighted by atomic mass is 9.98. The first kappa shape index (κ1) is 13.6. The molecule has 0 radical (unpaired) electrons. The number of aliphatic imine (C=N–C) groups is 1. The van der Waals surface area contributed by atoms with Crippen LogP contribution in [0.4, 0.5) is 0 Å². The molecule has 0 aliphatic heterocycles. The Hall–Kier alpha value is -1.81. The molecule has 1 aromatic carbocycles. The van der Waals surface area contributed by atoms with E-state index in [0.29, 0.717) is 26.9 Å². The van der Waals surface area contributed by atoms with Gasteiger partial charge in [0.05, 0.1) is 11.3 Å². The van der Waals surface area contributed by atoms with Gasteiger partial charge in [0.2, 0.25) is 0 Å². The first-order valence-corrected chi connectivity index (χ1v) is 6.57. The van der Waals surface area contributed by atoms with Gasteiger partial charge < -0.3 is 0 Å². The van der Waals surface area contributed by atoms with Crippen molar-refractivity contribution in [2.75, 3.05) is 0 Å². The van der Waals surface area contributed by atoms with E-state index in [1.54, 1.807) is 38.1 Å². The molecule has 0 fully saturated rings. The molecule has 1 amide bonds. The minimum absolute atomic E-state index is 0.0372. The van der Waals surface area contributed by atoms with Crippen molar-refractivity contribution in [3.63, 3.8) is 0 Å². The molecule has 0 heterocycles. The van der Waals surface area contributed by atoms with Gasteiger partial charge in [-0.15, -0.1) is 0 Å². The van der Waals surface area contributed by atoms with Crippen molar-refractivity contribution in [1.29, 1.82) is 0 Å². The van der Waals surface area contributed by atoms with Crippen LogP contribution in [0.5, 0.6) is 0 Å². The number of ketones is 1. The maximum absolute atomic E-state index is 12.1. The van der Waals surface area contributed by atoms with Crippen molar-refractivity contribution in [3.8, 4) is 0 Å². The quantitative estimate of drug-likeness (QED) is 0.744. The molecule has 0 bridgehead atoms. The molecule has 96 valence electrons. The zero-order chi connectivity index (χ0) is 14.0. The average Bonchev–Trinajstić information content (AvgIpc) is 2.36. The Morgan fingerprint density at radius 3 is 2.47 bits per heavy atom. The van der Waals surface area contributed by atoms with Crippen LogP contribution in [0.25, 0.3) is 0 Å². The summed E-state index contributed by atoms with van der Waals surface area (Å²) in [5, 5.41) is 0. The van der Waals surface area contributed by atoms with Crippen LogP contribution >= 0.6 is 15.9 Å². The van der Waals surface area contributed by atoms with Crippen molar-refractivity contribution in [1.82, 2.24) is 0 Å². The molecule has 2 rings (SSSR count). The Morgan fingerprint density at radius 2 is 1.79 bits per heavy atom. The van der Waals surface area contributed by atoms with E-state index in [1.165, 1.54) is 6.08 Å². The minimum atomic E-state index is -0.325. The summed E-state index contributed by atoms with van der Waals surface area (Å²) in [5.74, 6) is -0.363. The lowest BCUT2D eigenvalue weighted by Gasteiger charge is -2.09. The van der Waals surface area contributed by atoms with Crippen molar-refractivity contribution in [2.24, 2.45) is 4.99 Å². The SMILES string of the molecule is CC1=CC(=NC(=O)c2ccccc2Br)C(C)=CC1=O. The molecule has 4 heteroatoms. The van der Waals surface area contributed by atoms with Gasteiger partial charge >= 0.3 is 0 Å². The topological polar surface area (TPSA) is 46.5 Å². The van der Waals surface area contributed by atoms with Gasteiger partial charge in [-0.3, -0.25) is 9.59 Å². The van der Waals surface area contributed by atoms with Gasteiger partial charge in [0.15, 0.2) is 5.78 Å². The smallest absolute Gasteiger partial charge is 0.278 e. The second kappa shape index (κ2) is 5.45. The average molecular weight is 318 g/mol. The van der Waals surface area contributed by atoms with Crippen LogP contribution in [-0.4, -0.2) is 17.4 Å². The zero-order valence-electron chi connectivity index (χ0n) is 10.6. The predicted molar refractivity (Wildman–Crippen MR) is 78.4 cm³/mol. The molecule has 0 spiro atoms. The standard InChI is InChI=1S/C15H12BrNO2/c1-9-8-14(18)10(2)7-13(9)17-15(19)11-5-3-4-6-12(11)16/h3-8H,1-2H3. The van der Waals surface area contributed by atoms with Crippen molar-refractivity contribution >= 4 is 33.3 Å². The highest BCUT2D eigenvalue weighted by molar-refractivity contribution is 9.10. The third kappa shape index (κ3) is 2.96. The molecule has 0 N–H and O–H groups in total. The first-order chi connectivity index (χ1) is 8.99. The van der Waals surface area contributed by atoms with Crippen molar-refractivity contribution in [2.45, 2.75) is 13.8 Å². The maximum atomic E-state index is 12.1. The van der Waals surface area contributed by atoms with Gasteiger partial charge in [-0.05, 0) is 65.2 Å². The lowest BCUT2D eigenvalue weighted by molar-refractivity contribution is -0.111. The Morgan fingerprint density at radius 1 is 1.11 bits per heavy atom. The van der Waals surface area contributed by atoms with Gasteiger partial charge in [0, 0.05) is 4.47 Å². The summed E-state index contributed by atoms with van der Waals surface area (Å²) < 4.78 is 0.707. The summed E-state index contributed by atoms with van der Waals surface area (Å²) in [5.41, 5.74) is 2.34. The molecule has 1 aliphatic carbocycles. The number of halogens is 1. The second-order valence-corrected chi connectivity index (χ2v) is 5.16. The van der Waals surface area contributed by atoms with Crippen LogP contribution in [0.15, 0.2) is 57.0 Å². The van der Waals surface area contributed by atoms with E-state index in [1.807, 2.05) is 6.07 Å². The van der Waals surface area contributed by atoms with E-state index in [9.17, 15) is 9.59 Å². The van der Waals surface area contributed by atoms with Crippen LogP contribution < -0.4 is 0 Å². The van der Waals surface area contributed by atoms with E-state index in [4.69, 9.17) is 0 Å². The summed E-state index contributed by atoms with van der Waals surface area (Å²) in [7, 11) is 0. The monoisotopic (exact) mass is 317 g/mol. The van der Waals surface area contributed by atoms with Crippen LogP contribution in [-0.2, 0) is 4.79 Å². The maximum Gasteiger partial charge on any atom is 0.278 e. The highest BCUT2D eigenvalue weighted by Crippen LogP contribution is 2.18. The number of allylic oxidation sites excluding steroid dienone is 4. The van der Waals surface area contributed by atoms with E-state index in [2.05, 4.69) is 20.9 Å². The summed E-state index contributed by atoms with van der Waals surface area (Å²) in [4.78, 5) is 27.7. The molecule has 0 atom stereocenters. The summed E-state index contributed by atoms with van der Waals surface area (Å²) in [6, 6.07) is 7.12. The fourth-order valence-electron chi connectivity index (χ4n) is 1.70. The number of hydrogen-bond acceptors (Lipinski definition) is 2. The van der Waals surface area contributed by atoms with E-state index >= 15 is 0 Å². The van der Waals surface area contributed by atoms with Crippen molar-refractivity contribution in [3.05, 3.63) is 57.6 Å². The highest BCUT2D eigenvalue weighted by Gasteiger charge is 2.15. The van der Waals surface area contributed by atoms with Crippen molar-refractivity contribution < 1.29 is 9.59 Å². The molecule has 0 unspecified atom stereocenters. The second-order valence-electron chi connectivity index (χ2n) is 4.30. The van der Waals surface area contributed by atoms with Crippen LogP contribution in [0.1, 0.15) is 24.2 Å². The molecular weight excluding hydrogens is 306 g/mol. The van der Waals surface area contributed by atoms with Crippen LogP contribution in [0.3, 0.4) is 0 Å². The number of benzene rings is 1. The number of amides is 1. The minimum Gasteiger partial charge on any atom is -0.290 e. The summed E-state index contributed by atoms with van der Waals surface area (Å²) in [6.07, 6.45) is 3.15. The third-order valence-corrected chi connectivity index (χ3v) is 3.51. The Balaban J connectivity index is 2.37. The Labute approximate surface area is 119 Å². The first-order valence-electron chi connectivity index (χ1n) is 5.78. The van der Waals surface area contributed by atoms with Gasteiger partial charge in [0.25, 0.3) is 5.91 Å². The van der Waals surface area contributed by atoms with Gasteiger partial charge in [-0.2, -0.15) is 0 Å². The Bertz CT molecular complexity index is 654. The molecule has 0 aromatic heterocycles. The fourth-order valence-corrected chi connectivity index (χ4v) is 2.15. The summed E-state index contributed by atoms with van der Waals surface area (Å²) in [6.45, 7) is 3.48. The Kier molecular flexibility index (Phi) is 3.90. The van der Waals surface area contributed by atoms with E-state index in [0.717, 1.165) is 0 Å².